The zero-order chi connectivity index (χ0) is 5.28. The molecule has 0 spiro atoms. The topological polar surface area (TPSA) is 83.0 Å². The van der Waals surface area contributed by atoms with Gasteiger partial charge in [0.2, 0.25) is 0 Å². The maximum Gasteiger partial charge on any atom is 0.268 e. The highest BCUT2D eigenvalue weighted by Gasteiger charge is 2.18. The summed E-state index contributed by atoms with van der Waals surface area (Å²) in [6.45, 7) is 0. The molecule has 1 aliphatic heterocycles. The molecular weight excluding hydrogens is 102 g/mol. The molecule has 1 atom stereocenters. The Labute approximate surface area is 39.3 Å². The van der Waals surface area contributed by atoms with E-state index >= 15 is 0 Å². The first-order valence-electron chi connectivity index (χ1n) is 1.59. The Morgan fingerprint density at radius 1 is 1.57 bits per heavy atom. The highest BCUT2D eigenvalue weighted by atomic mass is 17.4. The van der Waals surface area contributed by atoms with Crippen molar-refractivity contribution >= 4 is 0 Å². The predicted octanol–water partition coefficient (Wildman–Crippen LogP) is -1.79. The smallest absolute Gasteiger partial charge is 0.268 e. The average molecular weight is 107 g/mol. The Morgan fingerprint density at radius 2 is 2.29 bits per heavy atom. The minimum Gasteiger partial charge on any atom is -0.279 e. The Morgan fingerprint density at radius 3 is 2.43 bits per heavy atom. The van der Waals surface area contributed by atoms with Crippen molar-refractivity contribution in [2.45, 2.75) is 6.41 Å². The second kappa shape index (κ2) is 1.70. The van der Waals surface area contributed by atoms with Crippen LogP contribution in [0.25, 0.3) is 0 Å². The Bertz CT molecular complexity index is 59.2. The van der Waals surface area contributed by atoms with Crippen LogP contribution < -0.4 is 11.6 Å². The van der Waals surface area contributed by atoms with Crippen LogP contribution in [-0.2, 0) is 14.7 Å². The minimum atomic E-state index is -0.898. The third-order valence-corrected chi connectivity index (χ3v) is 0.419. The molecule has 6 nitrogen and oxygen atoms in total. The van der Waals surface area contributed by atoms with Crippen LogP contribution in [0.5, 0.6) is 0 Å². The summed E-state index contributed by atoms with van der Waals surface area (Å²) in [6.07, 6.45) is -0.898. The van der Waals surface area contributed by atoms with Gasteiger partial charge < -0.3 is 0 Å². The van der Waals surface area contributed by atoms with Crippen molar-refractivity contribution in [3.05, 3.63) is 0 Å². The molecule has 0 saturated carbocycles. The first kappa shape index (κ1) is 4.91. The molecule has 0 aromatic carbocycles. The molecule has 0 radical (unpaired) electrons. The molecule has 1 saturated heterocycles. The van der Waals surface area contributed by atoms with E-state index in [1.807, 2.05) is 0 Å². The van der Waals surface area contributed by atoms with Gasteiger partial charge in [-0.25, -0.2) is 10.7 Å². The molecule has 1 fully saturated rings. The number of nitrogens with zero attached hydrogens (tertiary/aromatic N) is 1. The molecule has 0 aliphatic carbocycles. The van der Waals surface area contributed by atoms with Crippen LogP contribution in [0.3, 0.4) is 0 Å². The van der Waals surface area contributed by atoms with Gasteiger partial charge in [0.1, 0.15) is 0 Å². The molecular formula is CH5N3O3. The van der Waals surface area contributed by atoms with Gasteiger partial charge in [-0.05, 0) is 0 Å². The van der Waals surface area contributed by atoms with E-state index in [0.717, 1.165) is 0 Å². The van der Waals surface area contributed by atoms with Crippen LogP contribution in [0.4, 0.5) is 0 Å². The Balaban J connectivity index is 2.26. The monoisotopic (exact) mass is 107 g/mol. The Hall–Kier alpha value is -0.240. The summed E-state index contributed by atoms with van der Waals surface area (Å²) in [5, 5.41) is 0.532. The number of hydrazine groups is 1. The average Bonchev–Trinajstić information content (AvgIpc) is 1.87. The van der Waals surface area contributed by atoms with E-state index in [4.69, 9.17) is 11.6 Å². The zero-order valence-electron chi connectivity index (χ0n) is 3.40. The van der Waals surface area contributed by atoms with Gasteiger partial charge >= 0.3 is 0 Å². The third kappa shape index (κ3) is 1.06. The lowest BCUT2D eigenvalue weighted by Crippen LogP contribution is -2.28. The normalized spacial score (nSPS) is 34.3. The van der Waals surface area contributed by atoms with Crippen molar-refractivity contribution in [1.29, 1.82) is 0 Å². The van der Waals surface area contributed by atoms with Gasteiger partial charge in [-0.2, -0.15) is 4.89 Å². The van der Waals surface area contributed by atoms with Crippen LogP contribution in [0.1, 0.15) is 0 Å². The molecule has 1 unspecified atom stereocenters. The molecule has 0 aromatic heterocycles. The summed E-state index contributed by atoms with van der Waals surface area (Å²) < 4.78 is 0. The second-order valence-electron chi connectivity index (χ2n) is 0.930. The van der Waals surface area contributed by atoms with Crippen LogP contribution >= 0.6 is 0 Å². The first-order valence-corrected chi connectivity index (χ1v) is 1.59. The van der Waals surface area contributed by atoms with Crippen LogP contribution in [0.2, 0.25) is 0 Å². The van der Waals surface area contributed by atoms with E-state index in [-0.39, 0.29) is 0 Å². The van der Waals surface area contributed by atoms with Gasteiger partial charge in [0.05, 0.1) is 0 Å². The van der Waals surface area contributed by atoms with Gasteiger partial charge in [-0.3, -0.25) is 5.73 Å². The summed E-state index contributed by atoms with van der Waals surface area (Å²) in [5.74, 6) is 4.81. The van der Waals surface area contributed by atoms with Crippen molar-refractivity contribution in [2.24, 2.45) is 11.6 Å². The lowest BCUT2D eigenvalue weighted by atomic mass is 11.2. The number of hydrogen-bond acceptors (Lipinski definition) is 6. The lowest BCUT2D eigenvalue weighted by molar-refractivity contribution is -0.416. The van der Waals surface area contributed by atoms with Crippen molar-refractivity contribution in [1.82, 2.24) is 5.34 Å². The standard InChI is InChI=1S/CH5N3O3/c2-1-5-4(3)7-6-1/h1H,2-3H2. The summed E-state index contributed by atoms with van der Waals surface area (Å²) in [5.41, 5.74) is 4.93. The fourth-order valence-corrected chi connectivity index (χ4v) is 0.222. The minimum absolute atomic E-state index is 0.532. The maximum absolute atomic E-state index is 4.93. The molecule has 0 amide bonds. The van der Waals surface area contributed by atoms with Gasteiger partial charge in [0, 0.05) is 5.34 Å². The van der Waals surface area contributed by atoms with E-state index in [2.05, 4.69) is 14.7 Å². The Kier molecular flexibility index (Phi) is 1.19. The van der Waals surface area contributed by atoms with E-state index in [1.165, 1.54) is 0 Å². The van der Waals surface area contributed by atoms with Gasteiger partial charge in [-0.1, -0.05) is 4.99 Å². The van der Waals surface area contributed by atoms with E-state index in [9.17, 15) is 0 Å². The van der Waals surface area contributed by atoms with Gasteiger partial charge in [0.15, 0.2) is 0 Å². The fraction of sp³-hybridized carbons (Fsp3) is 1.00. The summed E-state index contributed by atoms with van der Waals surface area (Å²) in [7, 11) is 0. The first-order chi connectivity index (χ1) is 3.29. The molecule has 4 N–H and O–H groups in total. The highest BCUT2D eigenvalue weighted by molar-refractivity contribution is 4.14. The van der Waals surface area contributed by atoms with E-state index < -0.39 is 6.41 Å². The molecule has 0 aromatic rings. The van der Waals surface area contributed by atoms with Crippen LogP contribution in [-0.4, -0.2) is 11.7 Å². The lowest BCUT2D eigenvalue weighted by Gasteiger charge is -1.95. The summed E-state index contributed by atoms with van der Waals surface area (Å²) in [4.78, 5) is 12.5. The quantitative estimate of drug-likeness (QED) is 0.281. The maximum atomic E-state index is 4.93. The molecule has 0 bridgehead atoms. The molecule has 42 valence electrons. The van der Waals surface area contributed by atoms with Crippen molar-refractivity contribution in [3.8, 4) is 0 Å². The van der Waals surface area contributed by atoms with Crippen molar-refractivity contribution in [3.63, 3.8) is 0 Å². The third-order valence-electron chi connectivity index (χ3n) is 0.419. The van der Waals surface area contributed by atoms with Crippen molar-refractivity contribution < 1.29 is 14.7 Å². The number of rotatable bonds is 0. The second-order valence-corrected chi connectivity index (χ2v) is 0.930. The molecule has 1 rings (SSSR count). The highest BCUT2D eigenvalue weighted by Crippen LogP contribution is 1.99. The number of nitrogens with two attached hydrogens (primary N) is 2. The molecule has 7 heavy (non-hydrogen) atoms. The molecule has 6 heteroatoms. The van der Waals surface area contributed by atoms with Gasteiger partial charge in [-0.15, -0.1) is 0 Å². The number of hydrogen-bond donors (Lipinski definition) is 2. The van der Waals surface area contributed by atoms with Crippen LogP contribution in [0.15, 0.2) is 0 Å². The largest absolute Gasteiger partial charge is 0.279 e. The van der Waals surface area contributed by atoms with E-state index in [0.29, 0.717) is 5.34 Å². The van der Waals surface area contributed by atoms with Crippen LogP contribution in [0, 0.1) is 0 Å². The SMILES string of the molecule is NC1OON(N)O1. The summed E-state index contributed by atoms with van der Waals surface area (Å²) >= 11 is 0. The predicted molar refractivity (Wildman–Crippen MR) is 17.3 cm³/mol. The molecule has 1 heterocycles. The van der Waals surface area contributed by atoms with E-state index in [1.54, 1.807) is 0 Å². The summed E-state index contributed by atoms with van der Waals surface area (Å²) in [6, 6.07) is 0. The van der Waals surface area contributed by atoms with Crippen molar-refractivity contribution in [2.75, 3.05) is 0 Å². The fourth-order valence-electron chi connectivity index (χ4n) is 0.222. The zero-order valence-corrected chi connectivity index (χ0v) is 3.40. The molecule has 1 aliphatic rings. The van der Waals surface area contributed by atoms with Gasteiger partial charge in [0.25, 0.3) is 6.41 Å².